The van der Waals surface area contributed by atoms with Crippen molar-refractivity contribution < 1.29 is 27.0 Å². The second-order valence-electron chi connectivity index (χ2n) is 7.23. The SMILES string of the molecule is C[n+]1ccn2c1C[N+]1(CCc3ccc(S(N)(=O)=O)cc3)CC(=O)OC21C. The van der Waals surface area contributed by atoms with Gasteiger partial charge in [0.25, 0.3) is 0 Å². The van der Waals surface area contributed by atoms with E-state index >= 15 is 0 Å². The molecule has 1 saturated heterocycles. The zero-order chi connectivity index (χ0) is 18.7. The molecule has 2 aliphatic heterocycles. The fourth-order valence-electron chi connectivity index (χ4n) is 4.12. The van der Waals surface area contributed by atoms with Crippen LogP contribution >= 0.6 is 0 Å². The molecule has 26 heavy (non-hydrogen) atoms. The number of hydrogen-bond acceptors (Lipinski definition) is 4. The molecule has 8 nitrogen and oxygen atoms in total. The van der Waals surface area contributed by atoms with Gasteiger partial charge < -0.3 is 4.74 Å². The standard InChI is InChI=1S/C17H22N4O4S/c1-17-20-9-8-19(2)15(20)11-21(17,12-16(22)25-17)10-7-13-3-5-14(6-4-13)26(18,23)24/h3-6,8-9H,7,10-12H2,1-2H3,(H2,18,23,24)/q+2. The largest absolute Gasteiger partial charge is 0.397 e. The predicted octanol–water partition coefficient (Wildman–Crippen LogP) is -0.280. The number of nitrogens with two attached hydrogens (primary N) is 1. The molecule has 2 aromatic rings. The van der Waals surface area contributed by atoms with Crippen LogP contribution in [0.1, 0.15) is 18.3 Å². The second-order valence-corrected chi connectivity index (χ2v) is 8.79. The third-order valence-electron chi connectivity index (χ3n) is 5.72. The maximum Gasteiger partial charge on any atom is 0.397 e. The maximum absolute atomic E-state index is 12.1. The number of benzene rings is 1. The summed E-state index contributed by atoms with van der Waals surface area (Å²) in [7, 11) is -1.70. The number of sulfonamides is 1. The molecular weight excluding hydrogens is 356 g/mol. The van der Waals surface area contributed by atoms with Crippen molar-refractivity contribution in [2.45, 2.75) is 30.6 Å². The van der Waals surface area contributed by atoms with E-state index in [9.17, 15) is 13.2 Å². The van der Waals surface area contributed by atoms with Crippen LogP contribution in [0.5, 0.6) is 0 Å². The number of imidazole rings is 1. The van der Waals surface area contributed by atoms with Crippen molar-refractivity contribution in [3.8, 4) is 0 Å². The number of aryl methyl sites for hydroxylation is 1. The Hall–Kier alpha value is -2.23. The highest BCUT2D eigenvalue weighted by molar-refractivity contribution is 7.89. The van der Waals surface area contributed by atoms with Crippen LogP contribution < -0.4 is 9.71 Å². The molecule has 2 atom stereocenters. The second kappa shape index (κ2) is 5.38. The Morgan fingerprint density at radius 2 is 2.00 bits per heavy atom. The highest BCUT2D eigenvalue weighted by Crippen LogP contribution is 2.44. The van der Waals surface area contributed by atoms with E-state index in [0.717, 1.165) is 11.4 Å². The molecule has 138 valence electrons. The topological polar surface area (TPSA) is 95.3 Å². The molecule has 0 radical (unpaired) electrons. The molecule has 4 rings (SSSR count). The lowest BCUT2D eigenvalue weighted by atomic mass is 10.1. The number of carbonyl (C=O) groups excluding carboxylic acids is 1. The Balaban J connectivity index is 1.60. The number of ether oxygens (including phenoxy) is 1. The van der Waals surface area contributed by atoms with Crippen LogP contribution in [0.2, 0.25) is 0 Å². The van der Waals surface area contributed by atoms with Gasteiger partial charge in [-0.25, -0.2) is 27.4 Å². The van der Waals surface area contributed by atoms with Gasteiger partial charge in [-0.3, -0.25) is 0 Å². The van der Waals surface area contributed by atoms with Crippen LogP contribution in [0.3, 0.4) is 0 Å². The minimum Gasteiger partial charge on any atom is -0.367 e. The van der Waals surface area contributed by atoms with Crippen molar-refractivity contribution in [2.24, 2.45) is 12.2 Å². The van der Waals surface area contributed by atoms with Crippen LogP contribution in [0.15, 0.2) is 41.6 Å². The zero-order valence-electron chi connectivity index (χ0n) is 14.8. The van der Waals surface area contributed by atoms with Gasteiger partial charge in [0, 0.05) is 6.42 Å². The van der Waals surface area contributed by atoms with Crippen LogP contribution in [-0.2, 0) is 45.4 Å². The number of quaternary nitrogens is 1. The number of esters is 1. The Bertz CT molecular complexity index is 998. The summed E-state index contributed by atoms with van der Waals surface area (Å²) in [6.07, 6.45) is 4.62. The molecule has 3 heterocycles. The number of aromatic nitrogens is 2. The first kappa shape index (κ1) is 17.2. The van der Waals surface area contributed by atoms with Crippen molar-refractivity contribution >= 4 is 16.0 Å². The smallest absolute Gasteiger partial charge is 0.367 e. The van der Waals surface area contributed by atoms with E-state index in [0.29, 0.717) is 30.5 Å². The fourth-order valence-corrected chi connectivity index (χ4v) is 4.63. The van der Waals surface area contributed by atoms with Crippen molar-refractivity contribution in [3.63, 3.8) is 0 Å². The van der Waals surface area contributed by atoms with Crippen LogP contribution in [0.25, 0.3) is 0 Å². The average Bonchev–Trinajstić information content (AvgIpc) is 3.11. The molecule has 0 saturated carbocycles. The van der Waals surface area contributed by atoms with Gasteiger partial charge in [0.05, 0.1) is 25.4 Å². The summed E-state index contributed by atoms with van der Waals surface area (Å²) in [6.45, 7) is 3.70. The zero-order valence-corrected chi connectivity index (χ0v) is 15.6. The highest BCUT2D eigenvalue weighted by Gasteiger charge is 2.69. The third kappa shape index (κ3) is 2.38. The first-order chi connectivity index (χ1) is 12.1. The molecule has 0 aliphatic carbocycles. The van der Waals surface area contributed by atoms with E-state index < -0.39 is 15.9 Å². The van der Waals surface area contributed by atoms with Crippen LogP contribution in [-0.4, -0.2) is 36.5 Å². The monoisotopic (exact) mass is 378 g/mol. The number of hydrogen-bond donors (Lipinski definition) is 1. The lowest BCUT2D eigenvalue weighted by Crippen LogP contribution is -2.56. The van der Waals surface area contributed by atoms with E-state index in [1.807, 2.05) is 30.9 Å². The predicted molar refractivity (Wildman–Crippen MR) is 90.6 cm³/mol. The Morgan fingerprint density at radius 3 is 2.65 bits per heavy atom. The fraction of sp³-hybridized carbons (Fsp3) is 0.412. The molecular formula is C17H22N4O4S+2. The van der Waals surface area contributed by atoms with Crippen LogP contribution in [0, 0.1) is 0 Å². The van der Waals surface area contributed by atoms with Gasteiger partial charge in [0.2, 0.25) is 10.0 Å². The van der Waals surface area contributed by atoms with Gasteiger partial charge in [-0.05, 0) is 17.7 Å². The number of primary sulfonamides is 1. The summed E-state index contributed by atoms with van der Waals surface area (Å²) in [5.74, 6) is 0.178. The van der Waals surface area contributed by atoms with E-state index in [-0.39, 0.29) is 10.9 Å². The van der Waals surface area contributed by atoms with Gasteiger partial charge in [0.15, 0.2) is 13.1 Å². The van der Waals surface area contributed by atoms with Crippen molar-refractivity contribution in [3.05, 3.63) is 48.0 Å². The van der Waals surface area contributed by atoms with Crippen molar-refractivity contribution in [1.29, 1.82) is 0 Å². The maximum atomic E-state index is 12.1. The number of nitrogens with zero attached hydrogens (tertiary/aromatic N) is 3. The molecule has 1 aromatic carbocycles. The number of rotatable bonds is 4. The molecule has 2 aliphatic rings. The van der Waals surface area contributed by atoms with Gasteiger partial charge in [-0.1, -0.05) is 12.1 Å². The van der Waals surface area contributed by atoms with E-state index in [2.05, 4.69) is 4.57 Å². The van der Waals surface area contributed by atoms with Crippen molar-refractivity contribution in [1.82, 2.24) is 4.57 Å². The summed E-state index contributed by atoms with van der Waals surface area (Å²) in [4.78, 5) is 12.2. The van der Waals surface area contributed by atoms with E-state index in [4.69, 9.17) is 9.88 Å². The lowest BCUT2D eigenvalue weighted by Gasteiger charge is -2.34. The summed E-state index contributed by atoms with van der Waals surface area (Å²) in [5.41, 5.74) is 0.993. The van der Waals surface area contributed by atoms with Gasteiger partial charge in [-0.15, -0.1) is 4.57 Å². The molecule has 0 bridgehead atoms. The van der Waals surface area contributed by atoms with Gasteiger partial charge in [-0.2, -0.15) is 0 Å². The summed E-state index contributed by atoms with van der Waals surface area (Å²) in [5, 5.41) is 5.14. The average molecular weight is 378 g/mol. The quantitative estimate of drug-likeness (QED) is 0.450. The van der Waals surface area contributed by atoms with E-state index in [1.165, 1.54) is 12.1 Å². The summed E-state index contributed by atoms with van der Waals surface area (Å²) < 4.78 is 33.1. The van der Waals surface area contributed by atoms with Gasteiger partial charge >= 0.3 is 17.6 Å². The number of carbonyl (C=O) groups is 1. The highest BCUT2D eigenvalue weighted by atomic mass is 32.2. The molecule has 0 spiro atoms. The first-order valence-electron chi connectivity index (χ1n) is 8.41. The van der Waals surface area contributed by atoms with E-state index in [1.54, 1.807) is 12.1 Å². The minimum atomic E-state index is -3.69. The lowest BCUT2D eigenvalue weighted by molar-refractivity contribution is -0.999. The number of fused-ring (bicyclic) bond motifs is 3. The molecule has 2 N–H and O–H groups in total. The summed E-state index contributed by atoms with van der Waals surface area (Å²) >= 11 is 0. The summed E-state index contributed by atoms with van der Waals surface area (Å²) in [6, 6.07) is 6.57. The Morgan fingerprint density at radius 1 is 1.31 bits per heavy atom. The molecule has 2 unspecified atom stereocenters. The molecule has 0 amide bonds. The molecule has 1 fully saturated rings. The Kier molecular flexibility index (Phi) is 3.56. The third-order valence-corrected chi connectivity index (χ3v) is 6.64. The molecule has 1 aromatic heterocycles. The molecule has 9 heteroatoms. The normalized spacial score (nSPS) is 27.3. The Labute approximate surface area is 152 Å². The van der Waals surface area contributed by atoms with Crippen LogP contribution in [0.4, 0.5) is 0 Å². The minimum absolute atomic E-state index is 0.0990. The van der Waals surface area contributed by atoms with Gasteiger partial charge in [0.1, 0.15) is 12.4 Å². The van der Waals surface area contributed by atoms with Crippen molar-refractivity contribution in [2.75, 3.05) is 13.1 Å². The first-order valence-corrected chi connectivity index (χ1v) is 9.95.